The third kappa shape index (κ3) is 5.02. The van der Waals surface area contributed by atoms with E-state index in [1.54, 1.807) is 11.0 Å². The van der Waals surface area contributed by atoms with Crippen LogP contribution in [0.2, 0.25) is 0 Å². The predicted octanol–water partition coefficient (Wildman–Crippen LogP) is 11.2. The van der Waals surface area contributed by atoms with Crippen LogP contribution in [0.4, 0.5) is 0 Å². The summed E-state index contributed by atoms with van der Waals surface area (Å²) in [6.45, 7) is 0. The van der Waals surface area contributed by atoms with E-state index in [0.29, 0.717) is 5.92 Å². The van der Waals surface area contributed by atoms with Gasteiger partial charge in [-0.3, -0.25) is 4.98 Å². The van der Waals surface area contributed by atoms with Gasteiger partial charge in [0.1, 0.15) is 11.0 Å². The first-order valence-electron chi connectivity index (χ1n) is 17.7. The van der Waals surface area contributed by atoms with Gasteiger partial charge >= 0.3 is 0 Å². The molecule has 5 aromatic carbocycles. The molecule has 2 atom stereocenters. The predicted molar refractivity (Wildman–Crippen MR) is 208 cm³/mol. The summed E-state index contributed by atoms with van der Waals surface area (Å²) < 4.78 is 0. The lowest BCUT2D eigenvalue weighted by molar-refractivity contribution is 0.766. The Morgan fingerprint density at radius 1 is 0.647 bits per heavy atom. The Bertz CT molecular complexity index is 2620. The minimum Gasteiger partial charge on any atom is -0.264 e. The van der Waals surface area contributed by atoms with Crippen molar-refractivity contribution in [2.75, 3.05) is 0 Å². The van der Waals surface area contributed by atoms with Gasteiger partial charge < -0.3 is 0 Å². The van der Waals surface area contributed by atoms with Crippen LogP contribution in [0.5, 0.6) is 0 Å². The number of hydrogen-bond acceptors (Lipinski definition) is 3. The monoisotopic (exact) mass is 654 g/mol. The van der Waals surface area contributed by atoms with Gasteiger partial charge in [0.15, 0.2) is 0 Å². The highest BCUT2D eigenvalue weighted by atomic mass is 15.5. The van der Waals surface area contributed by atoms with Gasteiger partial charge in [-0.15, -0.1) is 10.2 Å². The fourth-order valence-corrected chi connectivity index (χ4v) is 8.30. The van der Waals surface area contributed by atoms with Crippen molar-refractivity contribution in [3.05, 3.63) is 198 Å². The van der Waals surface area contributed by atoms with E-state index < -0.39 is 0 Å². The molecular formula is C47H34N4. The molecular weight excluding hydrogens is 621 g/mol. The minimum atomic E-state index is 0.151. The zero-order valence-electron chi connectivity index (χ0n) is 28.0. The van der Waals surface area contributed by atoms with Crippen molar-refractivity contribution in [1.29, 1.82) is 0 Å². The highest BCUT2D eigenvalue weighted by molar-refractivity contribution is 6.11. The molecule has 0 N–H and O–H groups in total. The van der Waals surface area contributed by atoms with Gasteiger partial charge in [0, 0.05) is 29.6 Å². The number of hydrogen-bond donors (Lipinski definition) is 0. The molecule has 2 heterocycles. The first-order valence-corrected chi connectivity index (χ1v) is 17.7. The second kappa shape index (κ2) is 12.2. The number of allylic oxidation sites excluding steroid dienone is 10. The van der Waals surface area contributed by atoms with Crippen LogP contribution in [-0.2, 0) is 0 Å². The van der Waals surface area contributed by atoms with Gasteiger partial charge in [0.05, 0.1) is 5.69 Å². The van der Waals surface area contributed by atoms with E-state index in [1.807, 2.05) is 12.3 Å². The summed E-state index contributed by atoms with van der Waals surface area (Å²) in [4.78, 5) is 6.04. The maximum atomic E-state index is 5.05. The van der Waals surface area contributed by atoms with Crippen LogP contribution in [0.25, 0.3) is 55.3 Å². The molecule has 10 rings (SSSR count). The van der Waals surface area contributed by atoms with Crippen molar-refractivity contribution in [2.45, 2.75) is 18.8 Å². The van der Waals surface area contributed by atoms with Gasteiger partial charge in [0.25, 0.3) is 0 Å². The summed E-state index contributed by atoms with van der Waals surface area (Å²) in [5.41, 5.74) is 15.7. The lowest BCUT2D eigenvalue weighted by Gasteiger charge is -2.37. The number of fused-ring (bicyclic) bond motifs is 5. The molecule has 4 nitrogen and oxygen atoms in total. The number of rotatable bonds is 5. The Kier molecular flexibility index (Phi) is 7.05. The van der Waals surface area contributed by atoms with E-state index in [1.165, 1.54) is 49.9 Å². The molecule has 0 fully saturated rings. The van der Waals surface area contributed by atoms with Gasteiger partial charge in [0.2, 0.25) is 0 Å². The Labute approximate surface area is 297 Å². The van der Waals surface area contributed by atoms with Gasteiger partial charge in [-0.05, 0) is 104 Å². The number of benzene rings is 5. The number of nitrogens with zero attached hydrogens (tertiary/aromatic N) is 4. The highest BCUT2D eigenvalue weighted by Crippen LogP contribution is 2.52. The van der Waals surface area contributed by atoms with E-state index in [4.69, 9.17) is 10.2 Å². The Hall–Kier alpha value is -6.39. The summed E-state index contributed by atoms with van der Waals surface area (Å²) in [5.74, 6) is 0.505. The average Bonchev–Trinajstić information content (AvgIpc) is 3.65. The number of aromatic nitrogens is 4. The molecule has 51 heavy (non-hydrogen) atoms. The SMILES string of the molecule is C1=CCC2=C(C3C=CC=CC3)c3ccc(-c4cc5nn(-c6ccc(-c7cccnc7)cc6)nc5c5ccccc45)cc3C(c3ccccc3)C2=C1. The molecule has 0 radical (unpaired) electrons. The number of pyridine rings is 1. The van der Waals surface area contributed by atoms with E-state index in [-0.39, 0.29) is 5.92 Å². The Morgan fingerprint density at radius 2 is 1.49 bits per heavy atom. The summed E-state index contributed by atoms with van der Waals surface area (Å²) in [7, 11) is 0. The van der Waals surface area contributed by atoms with Crippen LogP contribution in [0.15, 0.2) is 181 Å². The van der Waals surface area contributed by atoms with Crippen LogP contribution in [0.3, 0.4) is 0 Å². The van der Waals surface area contributed by atoms with Crippen LogP contribution >= 0.6 is 0 Å². The van der Waals surface area contributed by atoms with Crippen LogP contribution in [0, 0.1) is 5.92 Å². The Balaban J connectivity index is 1.14. The molecule has 2 unspecified atom stereocenters. The molecule has 0 spiro atoms. The normalized spacial score (nSPS) is 17.8. The first kappa shape index (κ1) is 29.5. The third-order valence-corrected chi connectivity index (χ3v) is 10.7. The molecule has 3 aliphatic rings. The standard InChI is InChI=1S/C47H34N4/c1-3-12-32(13-4-1)45-38-18-8-9-19-39(38)46(33-14-5-2-6-15-33)43-28-34(23-26-40(43)45)42-29-44-47(41-20-10-7-17-37(41)42)50-51(49-44)36-24-21-31(22-25-36)35-16-11-27-48-30-35/h1-12,14-17,19-30,32,46H,13,18H2. The fourth-order valence-electron chi connectivity index (χ4n) is 8.30. The summed E-state index contributed by atoms with van der Waals surface area (Å²) in [6.07, 6.45) is 21.7. The maximum Gasteiger partial charge on any atom is 0.121 e. The molecule has 0 saturated carbocycles. The fraction of sp³-hybridized carbons (Fsp3) is 0.0851. The molecule has 4 heteroatoms. The van der Waals surface area contributed by atoms with E-state index in [2.05, 4.69) is 157 Å². The maximum absolute atomic E-state index is 5.05. The highest BCUT2D eigenvalue weighted by Gasteiger charge is 2.35. The molecule has 0 bridgehead atoms. The second-order valence-corrected chi connectivity index (χ2v) is 13.6. The third-order valence-electron chi connectivity index (χ3n) is 10.7. The van der Waals surface area contributed by atoms with E-state index >= 15 is 0 Å². The van der Waals surface area contributed by atoms with Crippen LogP contribution in [0.1, 0.15) is 35.4 Å². The molecule has 0 aliphatic heterocycles. The molecule has 0 amide bonds. The first-order chi connectivity index (χ1) is 25.3. The van der Waals surface area contributed by atoms with Crippen molar-refractivity contribution in [1.82, 2.24) is 20.0 Å². The van der Waals surface area contributed by atoms with E-state index in [0.717, 1.165) is 46.1 Å². The largest absolute Gasteiger partial charge is 0.264 e. The van der Waals surface area contributed by atoms with Crippen LogP contribution in [-0.4, -0.2) is 20.0 Å². The smallest absolute Gasteiger partial charge is 0.121 e. The van der Waals surface area contributed by atoms with Crippen molar-refractivity contribution in [3.63, 3.8) is 0 Å². The zero-order valence-corrected chi connectivity index (χ0v) is 28.0. The lowest BCUT2D eigenvalue weighted by Crippen LogP contribution is -2.20. The van der Waals surface area contributed by atoms with Crippen LogP contribution < -0.4 is 0 Å². The molecule has 7 aromatic rings. The summed E-state index contributed by atoms with van der Waals surface area (Å²) >= 11 is 0. The minimum absolute atomic E-state index is 0.151. The quantitative estimate of drug-likeness (QED) is 0.185. The summed E-state index contributed by atoms with van der Waals surface area (Å²) in [6, 6.07) is 41.4. The Morgan fingerprint density at radius 3 is 2.31 bits per heavy atom. The second-order valence-electron chi connectivity index (χ2n) is 13.6. The van der Waals surface area contributed by atoms with Gasteiger partial charge in [-0.2, -0.15) is 4.80 Å². The molecule has 242 valence electrons. The molecule has 0 saturated heterocycles. The average molecular weight is 655 g/mol. The topological polar surface area (TPSA) is 43.6 Å². The molecule has 3 aliphatic carbocycles. The van der Waals surface area contributed by atoms with Crippen molar-refractivity contribution >= 4 is 27.4 Å². The van der Waals surface area contributed by atoms with Gasteiger partial charge in [-0.25, -0.2) is 0 Å². The lowest BCUT2D eigenvalue weighted by atomic mass is 9.67. The van der Waals surface area contributed by atoms with E-state index in [9.17, 15) is 0 Å². The van der Waals surface area contributed by atoms with Crippen molar-refractivity contribution in [2.24, 2.45) is 5.92 Å². The van der Waals surface area contributed by atoms with Gasteiger partial charge in [-0.1, -0.05) is 127 Å². The zero-order chi connectivity index (χ0) is 33.7. The van der Waals surface area contributed by atoms with Crippen molar-refractivity contribution in [3.8, 4) is 27.9 Å². The molecule has 2 aromatic heterocycles. The summed E-state index contributed by atoms with van der Waals surface area (Å²) in [5, 5.41) is 12.4. The van der Waals surface area contributed by atoms with Crippen molar-refractivity contribution < 1.29 is 0 Å².